The van der Waals surface area contributed by atoms with Crippen LogP contribution in [0, 0.1) is 5.41 Å². The number of nitrogens with zero attached hydrogens (tertiary/aromatic N) is 1. The third-order valence-electron chi connectivity index (χ3n) is 2.93. The molecule has 0 saturated carbocycles. The van der Waals surface area contributed by atoms with Crippen LogP contribution in [0.15, 0.2) is 36.7 Å². The van der Waals surface area contributed by atoms with E-state index in [1.807, 2.05) is 0 Å². The van der Waals surface area contributed by atoms with Gasteiger partial charge in [-0.25, -0.2) is 0 Å². The van der Waals surface area contributed by atoms with Crippen LogP contribution in [0.25, 0.3) is 0 Å². The number of aliphatic hydroxyl groups excluding tert-OH is 1. The molecule has 0 fully saturated rings. The van der Waals surface area contributed by atoms with Crippen LogP contribution in [0.2, 0.25) is 0 Å². The second-order valence-electron chi connectivity index (χ2n) is 4.22. The second kappa shape index (κ2) is 5.49. The zero-order valence-electron chi connectivity index (χ0n) is 10.4. The summed E-state index contributed by atoms with van der Waals surface area (Å²) >= 11 is 0. The summed E-state index contributed by atoms with van der Waals surface area (Å²) in [6, 6.07) is 6.91. The average molecular weight is 256 g/mol. The van der Waals surface area contributed by atoms with Crippen LogP contribution in [-0.4, -0.2) is 22.4 Å². The first-order valence-corrected chi connectivity index (χ1v) is 5.91. The van der Waals surface area contributed by atoms with Crippen LogP contribution in [0.3, 0.4) is 0 Å². The lowest BCUT2D eigenvalue weighted by atomic mass is 9.97. The monoisotopic (exact) mass is 256 g/mol. The summed E-state index contributed by atoms with van der Waals surface area (Å²) in [5.41, 5.74) is 15.2. The zero-order chi connectivity index (χ0) is 13.8. The number of aromatic nitrogens is 1. The quantitative estimate of drug-likeness (QED) is 0.486. The van der Waals surface area contributed by atoms with Gasteiger partial charge in [0.25, 0.3) is 0 Å². The number of hydrogen-bond donors (Lipinski definition) is 4. The first-order valence-electron chi connectivity index (χ1n) is 5.91. The Morgan fingerprint density at radius 3 is 2.47 bits per heavy atom. The summed E-state index contributed by atoms with van der Waals surface area (Å²) < 4.78 is 0. The Morgan fingerprint density at radius 2 is 1.84 bits per heavy atom. The van der Waals surface area contributed by atoms with E-state index in [4.69, 9.17) is 22.0 Å². The van der Waals surface area contributed by atoms with Gasteiger partial charge in [0, 0.05) is 41.5 Å². The lowest BCUT2D eigenvalue weighted by Crippen LogP contribution is -2.09. The molecule has 2 aromatic rings. The van der Waals surface area contributed by atoms with Gasteiger partial charge in [-0.05, 0) is 36.2 Å². The first-order chi connectivity index (χ1) is 9.13. The minimum atomic E-state index is 0.0101. The number of nitrogens with two attached hydrogens (primary N) is 2. The van der Waals surface area contributed by atoms with E-state index in [2.05, 4.69) is 4.98 Å². The summed E-state index contributed by atoms with van der Waals surface area (Å²) in [6.45, 7) is 0.0101. The zero-order valence-corrected chi connectivity index (χ0v) is 10.4. The lowest BCUT2D eigenvalue weighted by molar-refractivity contribution is 0.300. The van der Waals surface area contributed by atoms with Crippen molar-refractivity contribution in [2.75, 3.05) is 18.1 Å². The Morgan fingerprint density at radius 1 is 1.16 bits per heavy atom. The summed E-state index contributed by atoms with van der Waals surface area (Å²) in [6.07, 6.45) is 3.71. The van der Waals surface area contributed by atoms with Gasteiger partial charge in [-0.1, -0.05) is 0 Å². The van der Waals surface area contributed by atoms with Crippen LogP contribution >= 0.6 is 0 Å². The molecule has 0 unspecified atom stereocenters. The van der Waals surface area contributed by atoms with Crippen molar-refractivity contribution in [2.45, 2.75) is 6.42 Å². The molecule has 0 aliphatic heterocycles. The Labute approximate surface area is 111 Å². The van der Waals surface area contributed by atoms with Crippen molar-refractivity contribution in [3.05, 3.63) is 53.3 Å². The number of aliphatic hydroxyl groups is 1. The highest BCUT2D eigenvalue weighted by Gasteiger charge is 2.11. The molecule has 5 heteroatoms. The number of nitrogen functional groups attached to an aromatic ring is 2. The molecule has 2 rings (SSSR count). The van der Waals surface area contributed by atoms with E-state index in [1.54, 1.807) is 36.7 Å². The summed E-state index contributed by atoms with van der Waals surface area (Å²) in [7, 11) is 0. The van der Waals surface area contributed by atoms with Crippen molar-refractivity contribution in [1.29, 1.82) is 5.41 Å². The second-order valence-corrected chi connectivity index (χ2v) is 4.22. The van der Waals surface area contributed by atoms with Crippen LogP contribution in [0.5, 0.6) is 0 Å². The smallest absolute Gasteiger partial charge is 0.0706 e. The van der Waals surface area contributed by atoms with Crippen molar-refractivity contribution >= 4 is 17.1 Å². The first kappa shape index (κ1) is 13.0. The molecular weight excluding hydrogens is 240 g/mol. The lowest BCUT2D eigenvalue weighted by Gasteiger charge is -2.12. The van der Waals surface area contributed by atoms with E-state index in [9.17, 15) is 0 Å². The van der Waals surface area contributed by atoms with Crippen LogP contribution < -0.4 is 11.5 Å². The van der Waals surface area contributed by atoms with Crippen molar-refractivity contribution in [3.63, 3.8) is 0 Å². The van der Waals surface area contributed by atoms with Crippen molar-refractivity contribution in [1.82, 2.24) is 4.98 Å². The van der Waals surface area contributed by atoms with Gasteiger partial charge >= 0.3 is 0 Å². The normalized spacial score (nSPS) is 10.4. The number of hydrogen-bond acceptors (Lipinski definition) is 5. The standard InChI is InChI=1S/C14H16N4O/c15-12-8-13(16)11(7-10(12)3-6-19)14(17)9-1-4-18-5-2-9/h1-2,4-5,7-8,17,19H,3,6,15-16H2. The van der Waals surface area contributed by atoms with Crippen LogP contribution in [-0.2, 0) is 6.42 Å². The predicted molar refractivity (Wildman–Crippen MR) is 76.2 cm³/mol. The van der Waals surface area contributed by atoms with Gasteiger partial charge in [0.1, 0.15) is 0 Å². The van der Waals surface area contributed by atoms with Gasteiger partial charge in [-0.15, -0.1) is 0 Å². The molecule has 1 heterocycles. The van der Waals surface area contributed by atoms with Crippen LogP contribution in [0.1, 0.15) is 16.7 Å². The van der Waals surface area contributed by atoms with E-state index >= 15 is 0 Å². The summed E-state index contributed by atoms with van der Waals surface area (Å²) in [5.74, 6) is 0. The number of benzene rings is 1. The van der Waals surface area contributed by atoms with Gasteiger partial charge in [-0.2, -0.15) is 0 Å². The maximum atomic E-state index is 9.01. The Kier molecular flexibility index (Phi) is 3.77. The van der Waals surface area contributed by atoms with Crippen molar-refractivity contribution in [2.24, 2.45) is 0 Å². The number of nitrogens with one attached hydrogen (secondary N) is 1. The third kappa shape index (κ3) is 2.71. The van der Waals surface area contributed by atoms with Crippen molar-refractivity contribution < 1.29 is 5.11 Å². The molecule has 0 spiro atoms. The Hall–Kier alpha value is -2.40. The fraction of sp³-hybridized carbons (Fsp3) is 0.143. The fourth-order valence-corrected chi connectivity index (χ4v) is 1.91. The van der Waals surface area contributed by atoms with E-state index in [1.165, 1.54) is 0 Å². The molecule has 98 valence electrons. The molecule has 5 nitrogen and oxygen atoms in total. The van der Waals surface area contributed by atoms with Crippen LogP contribution in [0.4, 0.5) is 11.4 Å². The van der Waals surface area contributed by atoms with Gasteiger partial charge < -0.3 is 16.6 Å². The molecule has 0 aliphatic rings. The highest BCUT2D eigenvalue weighted by atomic mass is 16.2. The number of pyridine rings is 1. The minimum absolute atomic E-state index is 0.0101. The van der Waals surface area contributed by atoms with E-state index in [-0.39, 0.29) is 6.61 Å². The minimum Gasteiger partial charge on any atom is -0.398 e. The van der Waals surface area contributed by atoms with Crippen molar-refractivity contribution in [3.8, 4) is 0 Å². The molecule has 0 aliphatic carbocycles. The number of rotatable bonds is 4. The molecule has 0 bridgehead atoms. The molecule has 6 N–H and O–H groups in total. The molecule has 0 amide bonds. The topological polar surface area (TPSA) is 109 Å². The Bertz CT molecular complexity index is 596. The molecule has 0 saturated heterocycles. The maximum absolute atomic E-state index is 9.01. The molecule has 1 aromatic heterocycles. The van der Waals surface area contributed by atoms with Gasteiger partial charge in [-0.3, -0.25) is 10.4 Å². The number of anilines is 2. The Balaban J connectivity index is 2.45. The van der Waals surface area contributed by atoms with Gasteiger partial charge in [0.05, 0.1) is 5.71 Å². The van der Waals surface area contributed by atoms with E-state index in [0.29, 0.717) is 29.1 Å². The maximum Gasteiger partial charge on any atom is 0.0706 e. The fourth-order valence-electron chi connectivity index (χ4n) is 1.91. The highest BCUT2D eigenvalue weighted by Crippen LogP contribution is 2.23. The average Bonchev–Trinajstić information content (AvgIpc) is 2.42. The highest BCUT2D eigenvalue weighted by molar-refractivity contribution is 6.14. The molecule has 1 aromatic carbocycles. The van der Waals surface area contributed by atoms with E-state index in [0.717, 1.165) is 11.1 Å². The predicted octanol–water partition coefficient (Wildman–Crippen LogP) is 1.20. The summed E-state index contributed by atoms with van der Waals surface area (Å²) in [5, 5.41) is 17.2. The van der Waals surface area contributed by atoms with E-state index < -0.39 is 0 Å². The summed E-state index contributed by atoms with van der Waals surface area (Å²) in [4.78, 5) is 3.92. The largest absolute Gasteiger partial charge is 0.398 e. The molecular formula is C14H16N4O. The third-order valence-corrected chi connectivity index (χ3v) is 2.93. The van der Waals surface area contributed by atoms with Gasteiger partial charge in [0.15, 0.2) is 0 Å². The molecule has 19 heavy (non-hydrogen) atoms. The molecule has 0 radical (unpaired) electrons. The molecule has 0 atom stereocenters. The SMILES string of the molecule is N=C(c1ccncc1)c1cc(CCO)c(N)cc1N. The van der Waals surface area contributed by atoms with Gasteiger partial charge in [0.2, 0.25) is 0 Å².